The van der Waals surface area contributed by atoms with Crippen LogP contribution in [-0.4, -0.2) is 15.0 Å². The molecule has 0 N–H and O–H groups in total. The highest BCUT2D eigenvalue weighted by atomic mass is 15.0. The molecule has 1 aromatic heterocycles. The fraction of sp³-hybridized carbons (Fsp3) is 0. The molecule has 0 radical (unpaired) electrons. The second kappa shape index (κ2) is 10.8. The third-order valence-electron chi connectivity index (χ3n) is 8.91. The lowest BCUT2D eigenvalue weighted by atomic mass is 9.88. The maximum absolute atomic E-state index is 5.22. The van der Waals surface area contributed by atoms with E-state index in [-0.39, 0.29) is 0 Å². The maximum Gasteiger partial charge on any atom is 0.164 e. The van der Waals surface area contributed by atoms with E-state index in [0.29, 0.717) is 17.5 Å². The molecule has 0 fully saturated rings. The van der Waals surface area contributed by atoms with E-state index in [9.17, 15) is 0 Å². The topological polar surface area (TPSA) is 38.7 Å². The summed E-state index contributed by atoms with van der Waals surface area (Å²) in [5.41, 5.74) is 5.18. The summed E-state index contributed by atoms with van der Waals surface area (Å²) in [7, 11) is 0. The van der Waals surface area contributed by atoms with E-state index in [1.54, 1.807) is 0 Å². The summed E-state index contributed by atoms with van der Waals surface area (Å²) in [6.45, 7) is 0. The summed E-state index contributed by atoms with van der Waals surface area (Å²) in [5, 5.41) is 9.58. The van der Waals surface area contributed by atoms with Crippen LogP contribution in [0.5, 0.6) is 0 Å². The van der Waals surface area contributed by atoms with Gasteiger partial charge in [-0.25, -0.2) is 15.0 Å². The molecule has 8 aromatic carbocycles. The molecule has 0 bridgehead atoms. The number of hydrogen-bond donors (Lipinski definition) is 0. The standard InChI is InChI=1S/C43H27N3/c1-2-15-30(16-3-1)41-44-42(37-24-12-18-28-13-4-7-19-32(28)37)46-43(45-41)38-23-11-10-22-35(38)40-34-21-9-6-17-31(34)27-39-33-20-8-5-14-29(33)25-26-36(39)40/h1-27H. The van der Waals surface area contributed by atoms with Gasteiger partial charge in [0.25, 0.3) is 0 Å². The number of benzene rings is 8. The Hall–Kier alpha value is -6.19. The highest BCUT2D eigenvalue weighted by molar-refractivity contribution is 6.21. The molecule has 3 nitrogen and oxygen atoms in total. The molecule has 0 aliphatic rings. The summed E-state index contributed by atoms with van der Waals surface area (Å²) in [5.74, 6) is 1.95. The van der Waals surface area contributed by atoms with Crippen LogP contribution in [0.2, 0.25) is 0 Å². The molecule has 3 heteroatoms. The normalized spacial score (nSPS) is 11.5. The predicted octanol–water partition coefficient (Wildman–Crippen LogP) is 11.2. The minimum absolute atomic E-state index is 0.647. The minimum Gasteiger partial charge on any atom is -0.208 e. The first-order valence-corrected chi connectivity index (χ1v) is 15.5. The SMILES string of the molecule is c1ccc(-c2nc(-c3ccccc3-c3c4ccccc4cc4c3ccc3ccccc34)nc(-c3cccc4ccccc34)n2)cc1. The van der Waals surface area contributed by atoms with Gasteiger partial charge in [-0.15, -0.1) is 0 Å². The van der Waals surface area contributed by atoms with Gasteiger partial charge in [0, 0.05) is 16.7 Å². The number of hydrogen-bond acceptors (Lipinski definition) is 3. The summed E-state index contributed by atoms with van der Waals surface area (Å²) in [6.07, 6.45) is 0. The lowest BCUT2D eigenvalue weighted by Crippen LogP contribution is -2.01. The smallest absolute Gasteiger partial charge is 0.164 e. The molecule has 9 rings (SSSR count). The lowest BCUT2D eigenvalue weighted by molar-refractivity contribution is 1.08. The summed E-state index contributed by atoms with van der Waals surface area (Å²) in [4.78, 5) is 15.4. The molecule has 0 unspecified atom stereocenters. The van der Waals surface area contributed by atoms with Crippen LogP contribution in [0.1, 0.15) is 0 Å². The predicted molar refractivity (Wildman–Crippen MR) is 192 cm³/mol. The van der Waals surface area contributed by atoms with Gasteiger partial charge in [-0.05, 0) is 60.3 Å². The van der Waals surface area contributed by atoms with E-state index >= 15 is 0 Å². The van der Waals surface area contributed by atoms with E-state index in [2.05, 4.69) is 146 Å². The van der Waals surface area contributed by atoms with Gasteiger partial charge in [0.2, 0.25) is 0 Å². The molecule has 9 aromatic rings. The van der Waals surface area contributed by atoms with Crippen LogP contribution in [0, 0.1) is 0 Å². The summed E-state index contributed by atoms with van der Waals surface area (Å²) < 4.78 is 0. The third-order valence-corrected chi connectivity index (χ3v) is 8.91. The zero-order valence-corrected chi connectivity index (χ0v) is 24.9. The average molecular weight is 586 g/mol. The van der Waals surface area contributed by atoms with Crippen LogP contribution in [0.25, 0.3) is 88.4 Å². The van der Waals surface area contributed by atoms with E-state index in [1.165, 1.54) is 37.9 Å². The molecule has 0 aliphatic carbocycles. The fourth-order valence-electron chi connectivity index (χ4n) is 6.76. The maximum atomic E-state index is 5.22. The van der Waals surface area contributed by atoms with E-state index in [1.807, 2.05) is 18.2 Å². The second-order valence-corrected chi connectivity index (χ2v) is 11.6. The van der Waals surface area contributed by atoms with Crippen molar-refractivity contribution in [3.63, 3.8) is 0 Å². The zero-order chi connectivity index (χ0) is 30.5. The van der Waals surface area contributed by atoms with Gasteiger partial charge >= 0.3 is 0 Å². The van der Waals surface area contributed by atoms with Crippen molar-refractivity contribution in [3.05, 3.63) is 164 Å². The van der Waals surface area contributed by atoms with Crippen LogP contribution >= 0.6 is 0 Å². The minimum atomic E-state index is 0.647. The quantitative estimate of drug-likeness (QED) is 0.152. The van der Waals surface area contributed by atoms with E-state index in [0.717, 1.165) is 33.0 Å². The van der Waals surface area contributed by atoms with Crippen molar-refractivity contribution in [2.75, 3.05) is 0 Å². The van der Waals surface area contributed by atoms with Crippen molar-refractivity contribution >= 4 is 43.1 Å². The van der Waals surface area contributed by atoms with Crippen molar-refractivity contribution in [1.29, 1.82) is 0 Å². The number of rotatable bonds is 4. The largest absolute Gasteiger partial charge is 0.208 e. The Labute approximate surface area is 266 Å². The third kappa shape index (κ3) is 4.33. The van der Waals surface area contributed by atoms with Crippen molar-refractivity contribution in [3.8, 4) is 45.3 Å². The number of aromatic nitrogens is 3. The van der Waals surface area contributed by atoms with Gasteiger partial charge < -0.3 is 0 Å². The van der Waals surface area contributed by atoms with Crippen LogP contribution in [-0.2, 0) is 0 Å². The molecule has 214 valence electrons. The van der Waals surface area contributed by atoms with Gasteiger partial charge in [0.15, 0.2) is 17.5 Å². The van der Waals surface area contributed by atoms with Gasteiger partial charge in [0.05, 0.1) is 0 Å². The van der Waals surface area contributed by atoms with Gasteiger partial charge in [0.1, 0.15) is 0 Å². The molecular formula is C43H27N3. The monoisotopic (exact) mass is 585 g/mol. The van der Waals surface area contributed by atoms with Gasteiger partial charge in [-0.1, -0.05) is 158 Å². The summed E-state index contributed by atoms with van der Waals surface area (Å²) in [6, 6.07) is 57.5. The summed E-state index contributed by atoms with van der Waals surface area (Å²) >= 11 is 0. The van der Waals surface area contributed by atoms with Gasteiger partial charge in [-0.2, -0.15) is 0 Å². The first-order chi connectivity index (χ1) is 22.8. The van der Waals surface area contributed by atoms with E-state index in [4.69, 9.17) is 15.0 Å². The van der Waals surface area contributed by atoms with Crippen LogP contribution in [0.3, 0.4) is 0 Å². The molecule has 0 amide bonds. The Kier molecular flexibility index (Phi) is 6.14. The first-order valence-electron chi connectivity index (χ1n) is 15.5. The Balaban J connectivity index is 1.36. The second-order valence-electron chi connectivity index (χ2n) is 11.6. The molecule has 0 saturated heterocycles. The average Bonchev–Trinajstić information content (AvgIpc) is 3.14. The van der Waals surface area contributed by atoms with Crippen LogP contribution in [0.15, 0.2) is 164 Å². The van der Waals surface area contributed by atoms with Gasteiger partial charge in [-0.3, -0.25) is 0 Å². The highest BCUT2D eigenvalue weighted by Gasteiger charge is 2.19. The number of fused-ring (bicyclic) bond motifs is 5. The van der Waals surface area contributed by atoms with Crippen molar-refractivity contribution in [1.82, 2.24) is 15.0 Å². The Morgan fingerprint density at radius 1 is 0.283 bits per heavy atom. The number of nitrogens with zero attached hydrogens (tertiary/aromatic N) is 3. The van der Waals surface area contributed by atoms with E-state index < -0.39 is 0 Å². The molecule has 0 spiro atoms. The first kappa shape index (κ1) is 26.2. The Bertz CT molecular complexity index is 2580. The fourth-order valence-corrected chi connectivity index (χ4v) is 6.76. The molecule has 1 heterocycles. The Morgan fingerprint density at radius 3 is 1.63 bits per heavy atom. The molecule has 0 atom stereocenters. The lowest BCUT2D eigenvalue weighted by Gasteiger charge is -2.17. The van der Waals surface area contributed by atoms with Crippen molar-refractivity contribution in [2.45, 2.75) is 0 Å². The molecular weight excluding hydrogens is 558 g/mol. The van der Waals surface area contributed by atoms with Crippen molar-refractivity contribution in [2.24, 2.45) is 0 Å². The highest BCUT2D eigenvalue weighted by Crippen LogP contribution is 2.43. The van der Waals surface area contributed by atoms with Crippen LogP contribution in [0.4, 0.5) is 0 Å². The molecule has 0 aliphatic heterocycles. The Morgan fingerprint density at radius 2 is 0.826 bits per heavy atom. The molecule has 0 saturated carbocycles. The van der Waals surface area contributed by atoms with Crippen LogP contribution < -0.4 is 0 Å². The molecule has 46 heavy (non-hydrogen) atoms. The zero-order valence-electron chi connectivity index (χ0n) is 24.9. The van der Waals surface area contributed by atoms with Crippen molar-refractivity contribution < 1.29 is 0 Å².